The lowest BCUT2D eigenvalue weighted by Crippen LogP contribution is -2.53. The number of aliphatic imine (C=N–C) groups is 1. The number of nitrogens with zero attached hydrogens (tertiary/aromatic N) is 4. The molecule has 3 rings (SSSR count). The zero-order chi connectivity index (χ0) is 20.6. The molecule has 0 aromatic heterocycles. The number of methoxy groups -OCH3 is 1. The Bertz CT molecular complexity index is 700. The van der Waals surface area contributed by atoms with Crippen molar-refractivity contribution in [3.05, 3.63) is 24.3 Å². The first-order valence-electron chi connectivity index (χ1n) is 10.7. The summed E-state index contributed by atoms with van der Waals surface area (Å²) in [4.78, 5) is 23.5. The molecule has 7 nitrogen and oxygen atoms in total. The van der Waals surface area contributed by atoms with Crippen LogP contribution in [0.25, 0.3) is 0 Å². The van der Waals surface area contributed by atoms with Gasteiger partial charge in [0.1, 0.15) is 5.75 Å². The number of amides is 1. The summed E-state index contributed by atoms with van der Waals surface area (Å²) in [7, 11) is 3.51. The monoisotopic (exact) mass is 401 g/mol. The normalized spacial score (nSPS) is 20.6. The SMILES string of the molecule is CN=C(NCCC(=O)N1CCCC(C)C1)N1CCN(c2cccc(OC)c2)CC1. The number of benzene rings is 1. The van der Waals surface area contributed by atoms with Gasteiger partial charge < -0.3 is 24.8 Å². The second kappa shape index (κ2) is 10.4. The third kappa shape index (κ3) is 5.78. The quantitative estimate of drug-likeness (QED) is 0.604. The number of carbonyl (C=O) groups excluding carboxylic acids is 1. The first kappa shape index (κ1) is 21.3. The van der Waals surface area contributed by atoms with Crippen LogP contribution < -0.4 is 15.0 Å². The lowest BCUT2D eigenvalue weighted by molar-refractivity contribution is -0.132. The minimum Gasteiger partial charge on any atom is -0.497 e. The number of hydrogen-bond donors (Lipinski definition) is 1. The average Bonchev–Trinajstić information content (AvgIpc) is 2.77. The molecule has 1 aromatic carbocycles. The molecule has 2 aliphatic rings. The molecule has 0 bridgehead atoms. The molecule has 2 heterocycles. The first-order valence-corrected chi connectivity index (χ1v) is 10.7. The number of ether oxygens (including phenoxy) is 1. The topological polar surface area (TPSA) is 60.4 Å². The molecule has 1 amide bonds. The van der Waals surface area contributed by atoms with Gasteiger partial charge in [0, 0.05) is 71.0 Å². The van der Waals surface area contributed by atoms with E-state index in [-0.39, 0.29) is 5.91 Å². The summed E-state index contributed by atoms with van der Waals surface area (Å²) in [5.41, 5.74) is 1.19. The van der Waals surface area contributed by atoms with E-state index in [2.05, 4.69) is 39.2 Å². The van der Waals surface area contributed by atoms with Gasteiger partial charge in [0.05, 0.1) is 7.11 Å². The molecule has 160 valence electrons. The Labute approximate surface area is 174 Å². The smallest absolute Gasteiger partial charge is 0.224 e. The minimum atomic E-state index is 0.252. The maximum atomic E-state index is 12.5. The highest BCUT2D eigenvalue weighted by Crippen LogP contribution is 2.22. The van der Waals surface area contributed by atoms with Crippen LogP contribution in [-0.2, 0) is 4.79 Å². The van der Waals surface area contributed by atoms with E-state index < -0.39 is 0 Å². The summed E-state index contributed by atoms with van der Waals surface area (Å²) in [6.45, 7) is 8.32. The Balaban J connectivity index is 1.43. The van der Waals surface area contributed by atoms with Gasteiger partial charge in [0.2, 0.25) is 5.91 Å². The molecular weight excluding hydrogens is 366 g/mol. The molecule has 0 spiro atoms. The van der Waals surface area contributed by atoms with Gasteiger partial charge in [-0.05, 0) is 30.9 Å². The van der Waals surface area contributed by atoms with Gasteiger partial charge in [-0.2, -0.15) is 0 Å². The van der Waals surface area contributed by atoms with Crippen molar-refractivity contribution >= 4 is 17.6 Å². The van der Waals surface area contributed by atoms with Crippen LogP contribution in [0.2, 0.25) is 0 Å². The third-order valence-electron chi connectivity index (χ3n) is 5.84. The fraction of sp³-hybridized carbons (Fsp3) is 0.636. The van der Waals surface area contributed by atoms with Crippen molar-refractivity contribution < 1.29 is 9.53 Å². The minimum absolute atomic E-state index is 0.252. The van der Waals surface area contributed by atoms with Crippen LogP contribution in [0.15, 0.2) is 29.3 Å². The Hall–Kier alpha value is -2.44. The Morgan fingerprint density at radius 1 is 1.21 bits per heavy atom. The molecule has 0 radical (unpaired) electrons. The van der Waals surface area contributed by atoms with Crippen molar-refractivity contribution in [2.45, 2.75) is 26.2 Å². The number of anilines is 1. The number of hydrogen-bond acceptors (Lipinski definition) is 4. The molecule has 2 aliphatic heterocycles. The molecule has 7 heteroatoms. The predicted molar refractivity (Wildman–Crippen MR) is 118 cm³/mol. The molecule has 0 saturated carbocycles. The van der Waals surface area contributed by atoms with Crippen molar-refractivity contribution in [2.24, 2.45) is 10.9 Å². The number of carbonyl (C=O) groups is 1. The van der Waals surface area contributed by atoms with E-state index in [1.54, 1.807) is 7.11 Å². The predicted octanol–water partition coefficient (Wildman–Crippen LogP) is 2.04. The zero-order valence-corrected chi connectivity index (χ0v) is 18.1. The number of nitrogens with one attached hydrogen (secondary N) is 1. The van der Waals surface area contributed by atoms with E-state index in [0.717, 1.165) is 57.4 Å². The summed E-state index contributed by atoms with van der Waals surface area (Å²) >= 11 is 0. The van der Waals surface area contributed by atoms with Crippen LogP contribution >= 0.6 is 0 Å². The molecular formula is C22H35N5O2. The van der Waals surface area contributed by atoms with Crippen molar-refractivity contribution in [3.63, 3.8) is 0 Å². The summed E-state index contributed by atoms with van der Waals surface area (Å²) in [5, 5.41) is 3.38. The van der Waals surface area contributed by atoms with Gasteiger partial charge in [-0.1, -0.05) is 13.0 Å². The highest BCUT2D eigenvalue weighted by molar-refractivity contribution is 5.81. The lowest BCUT2D eigenvalue weighted by atomic mass is 10.00. The fourth-order valence-corrected chi connectivity index (χ4v) is 4.17. The highest BCUT2D eigenvalue weighted by Gasteiger charge is 2.22. The zero-order valence-electron chi connectivity index (χ0n) is 18.1. The molecule has 1 unspecified atom stereocenters. The number of rotatable bonds is 5. The van der Waals surface area contributed by atoms with Gasteiger partial charge in [-0.3, -0.25) is 9.79 Å². The van der Waals surface area contributed by atoms with Crippen molar-refractivity contribution in [2.75, 3.05) is 64.9 Å². The molecule has 1 atom stereocenters. The van der Waals surface area contributed by atoms with Crippen LogP contribution in [0.5, 0.6) is 5.75 Å². The summed E-state index contributed by atoms with van der Waals surface area (Å²) in [6.07, 6.45) is 2.88. The van der Waals surface area contributed by atoms with Gasteiger partial charge in [0.25, 0.3) is 0 Å². The number of piperazine rings is 1. The highest BCUT2D eigenvalue weighted by atomic mass is 16.5. The van der Waals surface area contributed by atoms with Gasteiger partial charge in [0.15, 0.2) is 5.96 Å². The third-order valence-corrected chi connectivity index (χ3v) is 5.84. The Morgan fingerprint density at radius 2 is 2.00 bits per heavy atom. The number of likely N-dealkylation sites (tertiary alicyclic amines) is 1. The molecule has 1 N–H and O–H groups in total. The van der Waals surface area contributed by atoms with Crippen LogP contribution in [0.3, 0.4) is 0 Å². The molecule has 2 fully saturated rings. The number of guanidine groups is 1. The van der Waals surface area contributed by atoms with E-state index in [1.807, 2.05) is 24.1 Å². The van der Waals surface area contributed by atoms with Crippen molar-refractivity contribution in [1.29, 1.82) is 0 Å². The maximum absolute atomic E-state index is 12.5. The molecule has 1 aromatic rings. The maximum Gasteiger partial charge on any atom is 0.224 e. The average molecular weight is 402 g/mol. The largest absolute Gasteiger partial charge is 0.497 e. The second-order valence-corrected chi connectivity index (χ2v) is 7.99. The first-order chi connectivity index (χ1) is 14.1. The van der Waals surface area contributed by atoms with Gasteiger partial charge >= 0.3 is 0 Å². The number of piperidine rings is 1. The van der Waals surface area contributed by atoms with Crippen LogP contribution in [-0.4, -0.2) is 81.6 Å². The fourth-order valence-electron chi connectivity index (χ4n) is 4.17. The lowest BCUT2D eigenvalue weighted by Gasteiger charge is -2.37. The van der Waals surface area contributed by atoms with Gasteiger partial charge in [-0.15, -0.1) is 0 Å². The molecule has 0 aliphatic carbocycles. The summed E-state index contributed by atoms with van der Waals surface area (Å²) < 4.78 is 5.34. The van der Waals surface area contributed by atoms with Crippen molar-refractivity contribution in [1.82, 2.24) is 15.1 Å². The van der Waals surface area contributed by atoms with Crippen LogP contribution in [0.1, 0.15) is 26.2 Å². The molecule has 29 heavy (non-hydrogen) atoms. The van der Waals surface area contributed by atoms with Crippen molar-refractivity contribution in [3.8, 4) is 5.75 Å². The second-order valence-electron chi connectivity index (χ2n) is 7.99. The Morgan fingerprint density at radius 3 is 2.69 bits per heavy atom. The van der Waals surface area contributed by atoms with E-state index in [9.17, 15) is 4.79 Å². The Kier molecular flexibility index (Phi) is 7.61. The summed E-state index contributed by atoms with van der Waals surface area (Å²) in [5.74, 6) is 2.64. The van der Waals surface area contributed by atoms with E-state index in [0.29, 0.717) is 18.9 Å². The van der Waals surface area contributed by atoms with E-state index in [1.165, 1.54) is 12.1 Å². The van der Waals surface area contributed by atoms with E-state index in [4.69, 9.17) is 4.74 Å². The van der Waals surface area contributed by atoms with Crippen LogP contribution in [0.4, 0.5) is 5.69 Å². The standard InChI is InChI=1S/C22H35N5O2/c1-18-6-5-11-27(17-18)21(28)9-10-24-22(23-2)26-14-12-25(13-15-26)19-7-4-8-20(16-19)29-3/h4,7-8,16,18H,5-6,9-15,17H2,1-3H3,(H,23,24). The van der Waals surface area contributed by atoms with Gasteiger partial charge in [-0.25, -0.2) is 0 Å². The van der Waals surface area contributed by atoms with Crippen LogP contribution in [0, 0.1) is 5.92 Å². The van der Waals surface area contributed by atoms with E-state index >= 15 is 0 Å². The molecule has 2 saturated heterocycles. The summed E-state index contributed by atoms with van der Waals surface area (Å²) in [6, 6.07) is 8.20.